The summed E-state index contributed by atoms with van der Waals surface area (Å²) in [5.41, 5.74) is 3.18. The molecule has 0 aliphatic carbocycles. The summed E-state index contributed by atoms with van der Waals surface area (Å²) in [6.45, 7) is 14.9. The maximum absolute atomic E-state index is 13.0. The zero-order valence-corrected chi connectivity index (χ0v) is 25.8. The molecule has 2 amide bonds. The number of hydrogen-bond donors (Lipinski definition) is 3. The number of aromatic nitrogens is 1. The quantitative estimate of drug-likeness (QED) is 0.260. The summed E-state index contributed by atoms with van der Waals surface area (Å²) in [6, 6.07) is 7.69. The van der Waals surface area contributed by atoms with Crippen molar-refractivity contribution in [3.05, 3.63) is 41.0 Å². The topological polar surface area (TPSA) is 119 Å². The van der Waals surface area contributed by atoms with Crippen molar-refractivity contribution in [2.24, 2.45) is 0 Å². The number of nitrogens with one attached hydrogen (secondary N) is 2. The monoisotopic (exact) mass is 580 g/mol. The van der Waals surface area contributed by atoms with Crippen LogP contribution in [0.2, 0.25) is 18.1 Å². The lowest BCUT2D eigenvalue weighted by Gasteiger charge is -2.36. The van der Waals surface area contributed by atoms with Crippen molar-refractivity contribution >= 4 is 41.9 Å². The lowest BCUT2D eigenvalue weighted by molar-refractivity contribution is -0.214. The second-order valence-electron chi connectivity index (χ2n) is 13.1. The Morgan fingerprint density at radius 1 is 1.02 bits per heavy atom. The molecular weight excluding hydrogens is 540 g/mol. The number of rotatable bonds is 7. The number of H-pyrrole nitrogens is 1. The number of aromatic amines is 1. The average Bonchev–Trinajstić information content (AvgIpc) is 3.63. The van der Waals surface area contributed by atoms with E-state index in [1.807, 2.05) is 32.0 Å². The summed E-state index contributed by atoms with van der Waals surface area (Å²) in [7, 11) is -2.11. The molecular formula is C31H40N2O7Si. The van der Waals surface area contributed by atoms with Gasteiger partial charge in [-0.2, -0.15) is 0 Å². The summed E-state index contributed by atoms with van der Waals surface area (Å²) in [5.74, 6) is -0.773. The molecule has 3 aliphatic rings. The molecule has 2 aromatic carbocycles. The van der Waals surface area contributed by atoms with Gasteiger partial charge in [0.25, 0.3) is 11.8 Å². The predicted molar refractivity (Wildman–Crippen MR) is 158 cm³/mol. The highest BCUT2D eigenvalue weighted by molar-refractivity contribution is 6.74. The highest BCUT2D eigenvalue weighted by Gasteiger charge is 2.56. The normalized spacial score (nSPS) is 25.7. The number of carbonyl (C=O) groups is 2. The molecule has 4 heterocycles. The number of imide groups is 1. The number of hydrogen-bond acceptors (Lipinski definition) is 7. The number of amides is 2. The van der Waals surface area contributed by atoms with Crippen LogP contribution in [0.3, 0.4) is 0 Å². The van der Waals surface area contributed by atoms with Gasteiger partial charge in [0, 0.05) is 22.7 Å². The summed E-state index contributed by atoms with van der Waals surface area (Å²) in [6.07, 6.45) is 0.148. The first-order valence-corrected chi connectivity index (χ1v) is 17.5. The summed E-state index contributed by atoms with van der Waals surface area (Å²) in [5, 5.41) is 14.1. The maximum Gasteiger partial charge on any atom is 0.259 e. The lowest BCUT2D eigenvalue weighted by atomic mass is 9.94. The van der Waals surface area contributed by atoms with Gasteiger partial charge in [-0.1, -0.05) is 34.6 Å². The molecule has 2 fully saturated rings. The van der Waals surface area contributed by atoms with Crippen molar-refractivity contribution in [2.75, 3.05) is 6.61 Å². The largest absolute Gasteiger partial charge is 0.543 e. The van der Waals surface area contributed by atoms with Crippen LogP contribution in [0, 0.1) is 0 Å². The first-order valence-electron chi connectivity index (χ1n) is 14.6. The Morgan fingerprint density at radius 2 is 1.71 bits per heavy atom. The molecule has 9 nitrogen and oxygen atoms in total. The number of aliphatic hydroxyl groups excluding tert-OH is 1. The van der Waals surface area contributed by atoms with Gasteiger partial charge in [-0.15, -0.1) is 0 Å². The third kappa shape index (κ3) is 4.42. The molecule has 0 unspecified atom stereocenters. The average molecular weight is 581 g/mol. The van der Waals surface area contributed by atoms with Gasteiger partial charge in [0.2, 0.25) is 8.32 Å². The molecule has 41 heavy (non-hydrogen) atoms. The van der Waals surface area contributed by atoms with Gasteiger partial charge in [0.05, 0.1) is 29.4 Å². The second-order valence-corrected chi connectivity index (χ2v) is 17.8. The van der Waals surface area contributed by atoms with Crippen LogP contribution in [0.15, 0.2) is 24.3 Å². The third-order valence-electron chi connectivity index (χ3n) is 9.59. The Morgan fingerprint density at radius 3 is 2.34 bits per heavy atom. The van der Waals surface area contributed by atoms with Crippen molar-refractivity contribution < 1.29 is 33.3 Å². The van der Waals surface area contributed by atoms with Gasteiger partial charge in [-0.25, -0.2) is 0 Å². The van der Waals surface area contributed by atoms with E-state index in [-0.39, 0.29) is 23.9 Å². The van der Waals surface area contributed by atoms with Crippen molar-refractivity contribution in [1.82, 2.24) is 10.3 Å². The summed E-state index contributed by atoms with van der Waals surface area (Å²) in [4.78, 5) is 29.5. The molecule has 6 rings (SSSR count). The van der Waals surface area contributed by atoms with Crippen molar-refractivity contribution in [3.8, 4) is 5.75 Å². The van der Waals surface area contributed by atoms with Crippen LogP contribution in [0.1, 0.15) is 73.7 Å². The van der Waals surface area contributed by atoms with Gasteiger partial charge in [0.1, 0.15) is 24.1 Å². The third-order valence-corrected chi connectivity index (χ3v) is 14.0. The SMILES string of the molecule is CCC1(CC)O[C@@H]2[C@H](O1)[C@@H](CO)O[C@H]2Cc1cc2c(c3c1[nH]c1ccc(O[Si](C)(C)C(C)(C)C)cc13)C(=O)NC2=O. The zero-order chi connectivity index (χ0) is 29.5. The first-order chi connectivity index (χ1) is 19.3. The fourth-order valence-electron chi connectivity index (χ4n) is 6.17. The zero-order valence-electron chi connectivity index (χ0n) is 24.8. The number of benzene rings is 2. The molecule has 10 heteroatoms. The van der Waals surface area contributed by atoms with Crippen LogP contribution in [-0.2, 0) is 20.6 Å². The van der Waals surface area contributed by atoms with E-state index in [1.165, 1.54) is 0 Å². The van der Waals surface area contributed by atoms with E-state index >= 15 is 0 Å². The molecule has 0 saturated carbocycles. The van der Waals surface area contributed by atoms with Crippen LogP contribution in [-0.4, -0.2) is 67.0 Å². The molecule has 0 bridgehead atoms. The number of ether oxygens (including phenoxy) is 3. The van der Waals surface area contributed by atoms with E-state index < -0.39 is 38.1 Å². The van der Waals surface area contributed by atoms with Gasteiger partial charge in [-0.3, -0.25) is 14.9 Å². The van der Waals surface area contributed by atoms with E-state index in [1.54, 1.807) is 6.07 Å². The number of carbonyl (C=O) groups excluding carboxylic acids is 2. The molecule has 220 valence electrons. The number of fused-ring (bicyclic) bond motifs is 6. The smallest absolute Gasteiger partial charge is 0.259 e. The minimum absolute atomic E-state index is 0.0215. The van der Waals surface area contributed by atoms with Gasteiger partial charge >= 0.3 is 0 Å². The Balaban J connectivity index is 1.46. The van der Waals surface area contributed by atoms with Gasteiger partial charge in [0.15, 0.2) is 5.79 Å². The minimum atomic E-state index is -2.11. The van der Waals surface area contributed by atoms with E-state index in [0.29, 0.717) is 35.8 Å². The summed E-state index contributed by atoms with van der Waals surface area (Å²) < 4.78 is 25.6. The predicted octanol–water partition coefficient (Wildman–Crippen LogP) is 5.19. The van der Waals surface area contributed by atoms with Crippen LogP contribution >= 0.6 is 0 Å². The molecule has 0 radical (unpaired) electrons. The highest BCUT2D eigenvalue weighted by Crippen LogP contribution is 2.45. The van der Waals surface area contributed by atoms with Crippen molar-refractivity contribution in [1.29, 1.82) is 0 Å². The van der Waals surface area contributed by atoms with E-state index in [0.717, 1.165) is 27.7 Å². The van der Waals surface area contributed by atoms with Gasteiger partial charge < -0.3 is 28.7 Å². The van der Waals surface area contributed by atoms with Gasteiger partial charge in [-0.05, 0) is 60.8 Å². The standard InChI is InChI=1S/C31H40N2O7Si/c1-8-31(9-2)38-26-21(37-22(15-34)27(26)39-31)13-16-12-19-24(29(36)33-28(19)35)23-18-14-17(10-11-20(18)32-25(16)23)40-41(6,7)30(3,4)5/h10-12,14,21-22,26-27,32,34H,8-9,13,15H2,1-7H3,(H,33,35,36)/t21-,22+,26-,27+/m0/s1. The van der Waals surface area contributed by atoms with E-state index in [4.69, 9.17) is 18.6 Å². The lowest BCUT2D eigenvalue weighted by Crippen LogP contribution is -2.43. The second kappa shape index (κ2) is 9.64. The molecule has 3 N–H and O–H groups in total. The minimum Gasteiger partial charge on any atom is -0.543 e. The summed E-state index contributed by atoms with van der Waals surface area (Å²) >= 11 is 0. The Labute approximate surface area is 241 Å². The number of aliphatic hydroxyl groups is 1. The van der Waals surface area contributed by atoms with E-state index in [2.05, 4.69) is 44.2 Å². The first kappa shape index (κ1) is 28.4. The highest BCUT2D eigenvalue weighted by atomic mass is 28.4. The Bertz CT molecular complexity index is 1550. The molecule has 2 saturated heterocycles. The Hall–Kier alpha value is -2.76. The van der Waals surface area contributed by atoms with E-state index in [9.17, 15) is 14.7 Å². The fraction of sp³-hybridized carbons (Fsp3) is 0.548. The van der Waals surface area contributed by atoms with Crippen LogP contribution in [0.25, 0.3) is 21.8 Å². The fourth-order valence-corrected chi connectivity index (χ4v) is 7.19. The molecule has 3 aliphatic heterocycles. The van der Waals surface area contributed by atoms with Crippen LogP contribution < -0.4 is 9.74 Å². The van der Waals surface area contributed by atoms with Crippen LogP contribution in [0.4, 0.5) is 0 Å². The maximum atomic E-state index is 13.0. The van der Waals surface area contributed by atoms with Crippen molar-refractivity contribution in [3.63, 3.8) is 0 Å². The molecule has 4 atom stereocenters. The van der Waals surface area contributed by atoms with Crippen molar-refractivity contribution in [2.45, 2.75) is 102 Å². The Kier molecular flexibility index (Phi) is 6.67. The molecule has 0 spiro atoms. The van der Waals surface area contributed by atoms with Crippen LogP contribution in [0.5, 0.6) is 5.75 Å². The molecule has 3 aromatic rings. The molecule has 1 aromatic heterocycles.